The highest BCUT2D eigenvalue weighted by molar-refractivity contribution is 7.92. The fourth-order valence-corrected chi connectivity index (χ4v) is 3.56. The number of hydrogen-bond acceptors (Lipinski definition) is 5. The van der Waals surface area contributed by atoms with Crippen molar-refractivity contribution in [3.63, 3.8) is 0 Å². The predicted molar refractivity (Wildman–Crippen MR) is 81.2 cm³/mol. The van der Waals surface area contributed by atoms with Gasteiger partial charge in [-0.15, -0.1) is 16.7 Å². The lowest BCUT2D eigenvalue weighted by atomic mass is 10.2. The third kappa shape index (κ3) is 4.15. The first-order valence-electron chi connectivity index (χ1n) is 6.32. The van der Waals surface area contributed by atoms with Gasteiger partial charge in [0.25, 0.3) is 0 Å². The molecule has 0 saturated carbocycles. The third-order valence-electron chi connectivity index (χ3n) is 2.83. The first-order chi connectivity index (χ1) is 9.91. The van der Waals surface area contributed by atoms with Gasteiger partial charge in [0.1, 0.15) is 6.33 Å². The molecular formula is C12H16ClN5O2S. The zero-order valence-electron chi connectivity index (χ0n) is 11.7. The van der Waals surface area contributed by atoms with Crippen LogP contribution in [0.3, 0.4) is 0 Å². The Kier molecular flexibility index (Phi) is 4.79. The van der Waals surface area contributed by atoms with Crippen LogP contribution < -0.4 is 4.72 Å². The smallest absolute Gasteiger partial charge is 0.233 e. The summed E-state index contributed by atoms with van der Waals surface area (Å²) in [5, 5.41) is 10.9. The van der Waals surface area contributed by atoms with Gasteiger partial charge in [-0.25, -0.2) is 13.1 Å². The van der Waals surface area contributed by atoms with Crippen molar-refractivity contribution in [3.8, 4) is 5.69 Å². The summed E-state index contributed by atoms with van der Waals surface area (Å²) in [4.78, 5) is 0. The average Bonchev–Trinajstić information content (AvgIpc) is 2.91. The highest BCUT2D eigenvalue weighted by Crippen LogP contribution is 2.19. The van der Waals surface area contributed by atoms with Crippen molar-refractivity contribution in [1.29, 1.82) is 0 Å². The maximum atomic E-state index is 12.0. The number of alkyl halides is 1. The minimum atomic E-state index is -3.41. The molecule has 1 unspecified atom stereocenters. The first-order valence-corrected chi connectivity index (χ1v) is 8.50. The van der Waals surface area contributed by atoms with E-state index in [1.807, 2.05) is 6.92 Å². The highest BCUT2D eigenvalue weighted by Gasteiger charge is 2.15. The predicted octanol–water partition coefficient (Wildman–Crippen LogP) is 1.59. The van der Waals surface area contributed by atoms with Crippen molar-refractivity contribution in [1.82, 2.24) is 20.2 Å². The molecule has 0 aliphatic rings. The molecule has 0 bridgehead atoms. The summed E-state index contributed by atoms with van der Waals surface area (Å²) < 4.78 is 28.0. The number of nitrogens with zero attached hydrogens (tertiary/aromatic N) is 4. The van der Waals surface area contributed by atoms with Crippen LogP contribution in [0.15, 0.2) is 24.5 Å². The van der Waals surface area contributed by atoms with Gasteiger partial charge >= 0.3 is 0 Å². The number of hydrogen-bond donors (Lipinski definition) is 1. The normalized spacial score (nSPS) is 13.1. The minimum absolute atomic E-state index is 0.00963. The number of sulfonamides is 1. The van der Waals surface area contributed by atoms with Gasteiger partial charge in [0, 0.05) is 11.6 Å². The van der Waals surface area contributed by atoms with Gasteiger partial charge in [0.05, 0.1) is 11.4 Å². The van der Waals surface area contributed by atoms with Crippen LogP contribution in [0.4, 0.5) is 5.69 Å². The number of nitrogens with one attached hydrogen (secondary N) is 1. The van der Waals surface area contributed by atoms with Gasteiger partial charge in [-0.05, 0) is 47.0 Å². The molecule has 0 spiro atoms. The summed E-state index contributed by atoms with van der Waals surface area (Å²) in [6, 6.07) is 5.17. The topological polar surface area (TPSA) is 89.8 Å². The van der Waals surface area contributed by atoms with Crippen molar-refractivity contribution >= 4 is 27.3 Å². The Morgan fingerprint density at radius 3 is 2.76 bits per heavy atom. The Hall–Kier alpha value is -1.67. The Labute approximate surface area is 128 Å². The second kappa shape index (κ2) is 6.40. The molecule has 21 heavy (non-hydrogen) atoms. The van der Waals surface area contributed by atoms with E-state index in [0.717, 1.165) is 11.3 Å². The third-order valence-corrected chi connectivity index (χ3v) is 4.91. The number of aromatic nitrogens is 4. The fourth-order valence-electron chi connectivity index (χ4n) is 1.89. The van der Waals surface area contributed by atoms with E-state index in [4.69, 9.17) is 11.6 Å². The number of halogens is 1. The van der Waals surface area contributed by atoms with Crippen LogP contribution in [0, 0.1) is 12.8 Å². The van der Waals surface area contributed by atoms with Crippen molar-refractivity contribution in [2.75, 3.05) is 16.4 Å². The molecule has 0 radical (unpaired) electrons. The summed E-state index contributed by atoms with van der Waals surface area (Å²) in [6.07, 6.45) is 1.48. The molecule has 9 heteroatoms. The molecule has 2 rings (SSSR count). The van der Waals surface area contributed by atoms with Crippen LogP contribution in [0.25, 0.3) is 5.69 Å². The zero-order valence-corrected chi connectivity index (χ0v) is 13.3. The summed E-state index contributed by atoms with van der Waals surface area (Å²) in [5.41, 5.74) is 2.15. The molecule has 7 nitrogen and oxygen atoms in total. The largest absolute Gasteiger partial charge is 0.284 e. The maximum absolute atomic E-state index is 12.0. The molecule has 114 valence electrons. The molecule has 0 fully saturated rings. The van der Waals surface area contributed by atoms with E-state index in [9.17, 15) is 8.42 Å². The second-order valence-corrected chi connectivity index (χ2v) is 6.97. The van der Waals surface area contributed by atoms with Crippen molar-refractivity contribution in [2.24, 2.45) is 5.92 Å². The van der Waals surface area contributed by atoms with E-state index in [1.165, 1.54) is 11.0 Å². The van der Waals surface area contributed by atoms with Gasteiger partial charge in [-0.2, -0.15) is 0 Å². The van der Waals surface area contributed by atoms with Gasteiger partial charge in [-0.3, -0.25) is 4.72 Å². The van der Waals surface area contributed by atoms with Crippen LogP contribution in [-0.4, -0.2) is 40.3 Å². The van der Waals surface area contributed by atoms with Crippen LogP contribution in [-0.2, 0) is 10.0 Å². The molecule has 0 amide bonds. The van der Waals surface area contributed by atoms with Gasteiger partial charge in [0.2, 0.25) is 10.0 Å². The van der Waals surface area contributed by atoms with E-state index in [-0.39, 0.29) is 11.7 Å². The fraction of sp³-hybridized carbons (Fsp3) is 0.417. The maximum Gasteiger partial charge on any atom is 0.233 e. The van der Waals surface area contributed by atoms with E-state index in [2.05, 4.69) is 20.2 Å². The molecule has 0 aliphatic heterocycles. The number of benzene rings is 1. The second-order valence-electron chi connectivity index (χ2n) is 4.90. The van der Waals surface area contributed by atoms with Crippen molar-refractivity contribution in [3.05, 3.63) is 30.1 Å². The number of rotatable bonds is 6. The van der Waals surface area contributed by atoms with E-state index in [0.29, 0.717) is 11.6 Å². The Bertz CT molecular complexity index is 702. The molecule has 1 atom stereocenters. The number of aryl methyl sites for hydroxylation is 1. The number of tetrazole rings is 1. The quantitative estimate of drug-likeness (QED) is 0.813. The summed E-state index contributed by atoms with van der Waals surface area (Å²) >= 11 is 5.65. The Morgan fingerprint density at radius 2 is 2.19 bits per heavy atom. The molecule has 2 aromatic rings. The molecule has 1 aromatic carbocycles. The van der Waals surface area contributed by atoms with Crippen LogP contribution >= 0.6 is 11.6 Å². The monoisotopic (exact) mass is 329 g/mol. The highest BCUT2D eigenvalue weighted by atomic mass is 35.5. The van der Waals surface area contributed by atoms with Gasteiger partial charge < -0.3 is 0 Å². The van der Waals surface area contributed by atoms with E-state index in [1.54, 1.807) is 25.1 Å². The molecule has 1 aromatic heterocycles. The van der Waals surface area contributed by atoms with E-state index >= 15 is 0 Å². The van der Waals surface area contributed by atoms with Crippen molar-refractivity contribution < 1.29 is 8.42 Å². The average molecular weight is 330 g/mol. The van der Waals surface area contributed by atoms with Crippen LogP contribution in [0.1, 0.15) is 12.5 Å². The lowest BCUT2D eigenvalue weighted by Gasteiger charge is -2.12. The summed E-state index contributed by atoms with van der Waals surface area (Å²) in [6.45, 7) is 3.65. The molecule has 1 heterocycles. The van der Waals surface area contributed by atoms with Gasteiger partial charge in [0.15, 0.2) is 0 Å². The minimum Gasteiger partial charge on any atom is -0.284 e. The lowest BCUT2D eigenvalue weighted by Crippen LogP contribution is -2.22. The zero-order chi connectivity index (χ0) is 15.5. The summed E-state index contributed by atoms with van der Waals surface area (Å²) in [5.74, 6) is 0.188. The van der Waals surface area contributed by atoms with Crippen LogP contribution in [0.2, 0.25) is 0 Å². The van der Waals surface area contributed by atoms with Crippen LogP contribution in [0.5, 0.6) is 0 Å². The molecule has 0 saturated heterocycles. The standard InChI is InChI=1S/C12H16ClN5O2S/c1-9(6-13)7-21(19,20)15-11-3-4-12(10(2)5-11)18-8-14-16-17-18/h3-5,8-9,15H,6-7H2,1-2H3. The Morgan fingerprint density at radius 1 is 1.43 bits per heavy atom. The molecule has 0 aliphatic carbocycles. The first kappa shape index (κ1) is 15.7. The lowest BCUT2D eigenvalue weighted by molar-refractivity contribution is 0.588. The van der Waals surface area contributed by atoms with E-state index < -0.39 is 10.0 Å². The summed E-state index contributed by atoms with van der Waals surface area (Å²) in [7, 11) is -3.41. The van der Waals surface area contributed by atoms with Gasteiger partial charge in [-0.1, -0.05) is 6.92 Å². The molecular weight excluding hydrogens is 314 g/mol. The molecule has 1 N–H and O–H groups in total. The SMILES string of the molecule is Cc1cc(NS(=O)(=O)CC(C)CCl)ccc1-n1cnnn1. The Balaban J connectivity index is 2.18. The number of anilines is 1. The van der Waals surface area contributed by atoms with Crippen molar-refractivity contribution in [2.45, 2.75) is 13.8 Å².